The highest BCUT2D eigenvalue weighted by atomic mass is 32.2. The molecule has 0 aromatic carbocycles. The monoisotopic (exact) mass is 500 g/mol. The molecule has 0 radical (unpaired) electrons. The van der Waals surface area contributed by atoms with Crippen LogP contribution in [-0.4, -0.2) is 51.5 Å². The molecule has 0 amide bonds. The summed E-state index contributed by atoms with van der Waals surface area (Å²) in [7, 11) is 0. The smallest absolute Gasteiger partial charge is 0.306 e. The number of ether oxygens (including phenoxy) is 1. The molecule has 0 aliphatic heterocycles. The standard InChI is InChI=1S/C25H31F3O5S/c1-5-20(31)33-25(21(32)34-12-26)13(2)8-15-16-10-18(27)17-9-14(29)6-7-22(17,3)24(16,28)19(30)11-23(15,25)4/h6-7,9,13,15-16,18-19,30H,5,8,10-12H2,1-4H3/t13-,15?,16?,18-,19?,22?,23?,24-,25-/m1/s1. The summed E-state index contributed by atoms with van der Waals surface area (Å²) in [4.78, 5) is 37.8. The van der Waals surface area contributed by atoms with Gasteiger partial charge in [0.2, 0.25) is 5.12 Å². The molecule has 34 heavy (non-hydrogen) atoms. The minimum Gasteiger partial charge on any atom is -0.449 e. The maximum absolute atomic E-state index is 17.2. The van der Waals surface area contributed by atoms with E-state index in [2.05, 4.69) is 0 Å². The average molecular weight is 501 g/mol. The summed E-state index contributed by atoms with van der Waals surface area (Å²) in [5.41, 5.74) is -6.84. The van der Waals surface area contributed by atoms with Crippen LogP contribution in [0.1, 0.15) is 53.4 Å². The van der Waals surface area contributed by atoms with Gasteiger partial charge in [-0.25, -0.2) is 13.2 Å². The lowest BCUT2D eigenvalue weighted by atomic mass is 9.44. The highest BCUT2D eigenvalue weighted by Gasteiger charge is 2.78. The highest BCUT2D eigenvalue weighted by Crippen LogP contribution is 2.72. The third-order valence-electron chi connectivity index (χ3n) is 9.22. The van der Waals surface area contributed by atoms with Crippen LogP contribution in [0.15, 0.2) is 23.8 Å². The molecule has 1 N–H and O–H groups in total. The van der Waals surface area contributed by atoms with Gasteiger partial charge >= 0.3 is 5.97 Å². The van der Waals surface area contributed by atoms with Crippen LogP contribution >= 0.6 is 11.8 Å². The predicted octanol–water partition coefficient (Wildman–Crippen LogP) is 4.43. The summed E-state index contributed by atoms with van der Waals surface area (Å²) in [6.07, 6.45) is 0.160. The second kappa shape index (κ2) is 8.22. The molecule has 0 heterocycles. The Morgan fingerprint density at radius 2 is 1.94 bits per heavy atom. The van der Waals surface area contributed by atoms with Crippen molar-refractivity contribution in [2.75, 3.05) is 6.01 Å². The second-order valence-corrected chi connectivity index (χ2v) is 11.5. The SMILES string of the molecule is CCC(=O)O[C@@]1(C(=O)SCF)[C@H](C)CC2C3C[C@@H](F)C4=CC(=O)C=CC4(C)[C@]3(F)C(O)CC21C. The molecule has 0 bridgehead atoms. The largest absolute Gasteiger partial charge is 0.449 e. The van der Waals surface area contributed by atoms with Crippen molar-refractivity contribution in [3.63, 3.8) is 0 Å². The second-order valence-electron chi connectivity index (χ2n) is 10.6. The molecule has 4 aliphatic rings. The Kier molecular flexibility index (Phi) is 6.16. The lowest BCUT2D eigenvalue weighted by Crippen LogP contribution is -2.70. The molecule has 9 atom stereocenters. The Bertz CT molecular complexity index is 984. The number of hydrogen-bond acceptors (Lipinski definition) is 6. The summed E-state index contributed by atoms with van der Waals surface area (Å²) in [6, 6.07) is -1.02. The van der Waals surface area contributed by atoms with Crippen LogP contribution in [-0.2, 0) is 19.1 Å². The van der Waals surface area contributed by atoms with Crippen LogP contribution in [0.3, 0.4) is 0 Å². The topological polar surface area (TPSA) is 80.7 Å². The van der Waals surface area contributed by atoms with Crippen LogP contribution in [0, 0.1) is 28.6 Å². The normalized spacial score (nSPS) is 47.4. The first-order valence-corrected chi connectivity index (χ1v) is 12.7. The van der Waals surface area contributed by atoms with E-state index >= 15 is 8.78 Å². The molecule has 0 aromatic heterocycles. The van der Waals surface area contributed by atoms with E-state index in [1.54, 1.807) is 20.8 Å². The van der Waals surface area contributed by atoms with Gasteiger partial charge in [-0.2, -0.15) is 0 Å². The van der Waals surface area contributed by atoms with Crippen molar-refractivity contribution < 1.29 is 37.4 Å². The fraction of sp³-hybridized carbons (Fsp3) is 0.720. The van der Waals surface area contributed by atoms with Crippen molar-refractivity contribution in [2.24, 2.45) is 28.6 Å². The number of hydrogen-bond donors (Lipinski definition) is 1. The highest BCUT2D eigenvalue weighted by molar-refractivity contribution is 8.13. The summed E-state index contributed by atoms with van der Waals surface area (Å²) in [6.45, 7) is 6.45. The molecular formula is C25H31F3O5S. The van der Waals surface area contributed by atoms with Crippen LogP contribution in [0.25, 0.3) is 0 Å². The van der Waals surface area contributed by atoms with E-state index in [0.29, 0.717) is 11.8 Å². The summed E-state index contributed by atoms with van der Waals surface area (Å²) in [5.74, 6) is -3.30. The third-order valence-corrected chi connectivity index (χ3v) is 9.90. The molecule has 0 saturated heterocycles. The Morgan fingerprint density at radius 1 is 1.26 bits per heavy atom. The summed E-state index contributed by atoms with van der Waals surface area (Å²) in [5, 5.41) is 10.7. The summed E-state index contributed by atoms with van der Waals surface area (Å²) >= 11 is 0.396. The Balaban J connectivity index is 1.87. The number of carbonyl (C=O) groups is 3. The average Bonchev–Trinajstić information content (AvgIpc) is 2.99. The van der Waals surface area contributed by atoms with Crippen molar-refractivity contribution >= 4 is 28.6 Å². The quantitative estimate of drug-likeness (QED) is 0.576. The molecule has 3 saturated carbocycles. The van der Waals surface area contributed by atoms with E-state index < -0.39 is 75.0 Å². The first-order chi connectivity index (χ1) is 15.8. The summed E-state index contributed by atoms with van der Waals surface area (Å²) < 4.78 is 51.8. The van der Waals surface area contributed by atoms with Crippen molar-refractivity contribution in [1.29, 1.82) is 0 Å². The third kappa shape index (κ3) is 3.01. The fourth-order valence-corrected chi connectivity index (χ4v) is 8.42. The van der Waals surface area contributed by atoms with E-state index in [1.165, 1.54) is 19.1 Å². The van der Waals surface area contributed by atoms with Gasteiger partial charge in [-0.3, -0.25) is 14.4 Å². The van der Waals surface area contributed by atoms with Gasteiger partial charge in [-0.05, 0) is 61.6 Å². The molecule has 9 heteroatoms. The van der Waals surface area contributed by atoms with Gasteiger partial charge in [0.05, 0.1) is 6.10 Å². The number of thioether (sulfide) groups is 1. The van der Waals surface area contributed by atoms with Crippen LogP contribution < -0.4 is 0 Å². The first-order valence-electron chi connectivity index (χ1n) is 11.7. The Hall–Kier alpha value is -1.61. The Labute approximate surface area is 201 Å². The molecule has 5 unspecified atom stereocenters. The van der Waals surface area contributed by atoms with Crippen molar-refractivity contribution in [2.45, 2.75) is 76.9 Å². The molecule has 0 aromatic rings. The van der Waals surface area contributed by atoms with Gasteiger partial charge in [0.15, 0.2) is 17.1 Å². The zero-order chi connectivity index (χ0) is 25.3. The van der Waals surface area contributed by atoms with Crippen LogP contribution in [0.2, 0.25) is 0 Å². The van der Waals surface area contributed by atoms with Gasteiger partial charge < -0.3 is 9.84 Å². The number of esters is 1. The number of allylic oxidation sites excluding steroid dienone is 4. The lowest BCUT2D eigenvalue weighted by Gasteiger charge is -2.63. The molecule has 5 nitrogen and oxygen atoms in total. The Morgan fingerprint density at radius 3 is 2.56 bits per heavy atom. The number of carbonyl (C=O) groups excluding carboxylic acids is 3. The maximum Gasteiger partial charge on any atom is 0.306 e. The van der Waals surface area contributed by atoms with E-state index in [4.69, 9.17) is 4.74 Å². The molecule has 0 spiro atoms. The number of aliphatic hydroxyl groups excluding tert-OH is 1. The minimum atomic E-state index is -2.30. The molecule has 4 rings (SSSR count). The minimum absolute atomic E-state index is 0.0141. The van der Waals surface area contributed by atoms with Gasteiger partial charge in [0, 0.05) is 29.1 Å². The number of rotatable bonds is 4. The van der Waals surface area contributed by atoms with Gasteiger partial charge in [0.1, 0.15) is 12.2 Å². The maximum atomic E-state index is 17.2. The lowest BCUT2D eigenvalue weighted by molar-refractivity contribution is -0.228. The number of alkyl halides is 3. The molecule has 188 valence electrons. The predicted molar refractivity (Wildman–Crippen MR) is 121 cm³/mol. The van der Waals surface area contributed by atoms with Crippen molar-refractivity contribution in [1.82, 2.24) is 0 Å². The van der Waals surface area contributed by atoms with Gasteiger partial charge in [-0.1, -0.05) is 26.8 Å². The fourth-order valence-electron chi connectivity index (χ4n) is 7.63. The van der Waals surface area contributed by atoms with E-state index in [9.17, 15) is 23.9 Å². The van der Waals surface area contributed by atoms with Crippen molar-refractivity contribution in [3.05, 3.63) is 23.8 Å². The van der Waals surface area contributed by atoms with Crippen LogP contribution in [0.4, 0.5) is 13.2 Å². The number of ketones is 1. The van der Waals surface area contributed by atoms with Crippen molar-refractivity contribution in [3.8, 4) is 0 Å². The number of aliphatic hydroxyl groups is 1. The zero-order valence-electron chi connectivity index (χ0n) is 19.8. The zero-order valence-corrected chi connectivity index (χ0v) is 20.6. The van der Waals surface area contributed by atoms with E-state index in [-0.39, 0.29) is 31.3 Å². The van der Waals surface area contributed by atoms with Crippen LogP contribution in [0.5, 0.6) is 0 Å². The van der Waals surface area contributed by atoms with Gasteiger partial charge in [0.25, 0.3) is 0 Å². The van der Waals surface area contributed by atoms with E-state index in [1.807, 2.05) is 0 Å². The number of fused-ring (bicyclic) bond motifs is 5. The van der Waals surface area contributed by atoms with Gasteiger partial charge in [-0.15, -0.1) is 0 Å². The molecular weight excluding hydrogens is 469 g/mol. The molecule has 3 fully saturated rings. The molecule has 4 aliphatic carbocycles. The number of halogens is 3. The van der Waals surface area contributed by atoms with E-state index in [0.717, 1.165) is 6.08 Å². The first kappa shape index (κ1) is 25.5.